The quantitative estimate of drug-likeness (QED) is 0.763. The largest absolute Gasteiger partial charge is 0.418 e. The predicted molar refractivity (Wildman–Crippen MR) is 103 cm³/mol. The third kappa shape index (κ3) is 4.62. The number of hydrogen-bond donors (Lipinski definition) is 1. The Morgan fingerprint density at radius 1 is 1.10 bits per heavy atom. The van der Waals surface area contributed by atoms with E-state index in [0.717, 1.165) is 46.8 Å². The number of carbonyl (C=O) groups excluding carboxylic acids is 1. The van der Waals surface area contributed by atoms with Crippen LogP contribution in [0.3, 0.4) is 0 Å². The monoisotopic (exact) mass is 426 g/mol. The van der Waals surface area contributed by atoms with Gasteiger partial charge < -0.3 is 5.32 Å². The Balaban J connectivity index is 1.79. The number of amides is 1. The lowest BCUT2D eigenvalue weighted by Gasteiger charge is -2.21. The average molecular weight is 426 g/mol. The number of rotatable bonds is 6. The third-order valence-electron chi connectivity index (χ3n) is 4.89. The molecule has 0 fully saturated rings. The van der Waals surface area contributed by atoms with Gasteiger partial charge in [0, 0.05) is 6.54 Å². The summed E-state index contributed by atoms with van der Waals surface area (Å²) in [5.74, 6) is -0.840. The zero-order valence-corrected chi connectivity index (χ0v) is 16.6. The van der Waals surface area contributed by atoms with Crippen LogP contribution in [0.15, 0.2) is 47.4 Å². The summed E-state index contributed by atoms with van der Waals surface area (Å²) in [6.07, 6.45) is -1.95. The lowest BCUT2D eigenvalue weighted by atomic mass is 10.1. The lowest BCUT2D eigenvalue weighted by Crippen LogP contribution is -2.38. The predicted octanol–water partition coefficient (Wildman–Crippen LogP) is 3.84. The zero-order valence-electron chi connectivity index (χ0n) is 15.8. The van der Waals surface area contributed by atoms with Gasteiger partial charge in [0.25, 0.3) is 0 Å². The average Bonchev–Trinajstić information content (AvgIpc) is 3.13. The maximum absolute atomic E-state index is 13.1. The van der Waals surface area contributed by atoms with Gasteiger partial charge in [0.05, 0.1) is 22.7 Å². The summed E-state index contributed by atoms with van der Waals surface area (Å²) in [6.45, 7) is 0.998. The SMILES string of the molecule is CCN(CC(=O)Nc1ccccc1C(F)(F)F)S(=O)(=O)c1ccc2c(c1)CCC2. The fraction of sp³-hybridized carbons (Fsp3) is 0.350. The Kier molecular flexibility index (Phi) is 6.00. The van der Waals surface area contributed by atoms with E-state index in [1.54, 1.807) is 19.1 Å². The molecule has 1 amide bonds. The Hall–Kier alpha value is -2.39. The minimum atomic E-state index is -4.63. The number of aryl methyl sites for hydroxylation is 2. The summed E-state index contributed by atoms with van der Waals surface area (Å²) >= 11 is 0. The van der Waals surface area contributed by atoms with Gasteiger partial charge in [0.15, 0.2) is 0 Å². The highest BCUT2D eigenvalue weighted by atomic mass is 32.2. The summed E-state index contributed by atoms with van der Waals surface area (Å²) in [5, 5.41) is 2.18. The van der Waals surface area contributed by atoms with Crippen LogP contribution >= 0.6 is 0 Å². The molecule has 0 aromatic heterocycles. The molecule has 5 nitrogen and oxygen atoms in total. The van der Waals surface area contributed by atoms with Crippen LogP contribution in [0.2, 0.25) is 0 Å². The van der Waals surface area contributed by atoms with E-state index < -0.39 is 39.9 Å². The van der Waals surface area contributed by atoms with Crippen molar-refractivity contribution in [3.63, 3.8) is 0 Å². The number of halogens is 3. The topological polar surface area (TPSA) is 66.5 Å². The highest BCUT2D eigenvalue weighted by molar-refractivity contribution is 7.89. The van der Waals surface area contributed by atoms with Crippen LogP contribution in [0.5, 0.6) is 0 Å². The molecule has 1 aliphatic carbocycles. The smallest absolute Gasteiger partial charge is 0.324 e. The first-order chi connectivity index (χ1) is 13.6. The number of para-hydroxylation sites is 1. The minimum absolute atomic E-state index is 0.00769. The van der Waals surface area contributed by atoms with Crippen molar-refractivity contribution in [2.75, 3.05) is 18.4 Å². The van der Waals surface area contributed by atoms with Crippen molar-refractivity contribution in [1.82, 2.24) is 4.31 Å². The molecule has 0 spiro atoms. The molecule has 0 heterocycles. The van der Waals surface area contributed by atoms with Crippen molar-refractivity contribution in [3.8, 4) is 0 Å². The molecule has 0 bridgehead atoms. The van der Waals surface area contributed by atoms with Crippen LogP contribution in [0.25, 0.3) is 0 Å². The number of benzene rings is 2. The summed E-state index contributed by atoms with van der Waals surface area (Å²) in [5.41, 5.74) is 0.702. The maximum Gasteiger partial charge on any atom is 0.418 e. The highest BCUT2D eigenvalue weighted by Crippen LogP contribution is 2.34. The number of sulfonamides is 1. The summed E-state index contributed by atoms with van der Waals surface area (Å²) in [6, 6.07) is 9.48. The molecule has 0 atom stereocenters. The van der Waals surface area contributed by atoms with E-state index in [9.17, 15) is 26.4 Å². The van der Waals surface area contributed by atoms with E-state index >= 15 is 0 Å². The van der Waals surface area contributed by atoms with Crippen molar-refractivity contribution in [3.05, 3.63) is 59.2 Å². The van der Waals surface area contributed by atoms with Gasteiger partial charge in [-0.15, -0.1) is 0 Å². The fourth-order valence-corrected chi connectivity index (χ4v) is 4.87. The molecule has 156 valence electrons. The molecule has 2 aromatic carbocycles. The van der Waals surface area contributed by atoms with Gasteiger partial charge in [-0.05, 0) is 54.7 Å². The highest BCUT2D eigenvalue weighted by Gasteiger charge is 2.34. The van der Waals surface area contributed by atoms with Gasteiger partial charge in [0.1, 0.15) is 0 Å². The van der Waals surface area contributed by atoms with Crippen molar-refractivity contribution >= 4 is 21.6 Å². The molecule has 1 aliphatic rings. The first-order valence-electron chi connectivity index (χ1n) is 9.21. The molecule has 9 heteroatoms. The minimum Gasteiger partial charge on any atom is -0.324 e. The second kappa shape index (κ2) is 8.16. The number of alkyl halides is 3. The summed E-state index contributed by atoms with van der Waals surface area (Å²) in [4.78, 5) is 12.4. The lowest BCUT2D eigenvalue weighted by molar-refractivity contribution is -0.137. The van der Waals surface area contributed by atoms with Crippen molar-refractivity contribution in [2.24, 2.45) is 0 Å². The molecule has 0 saturated carbocycles. The molecular weight excluding hydrogens is 405 g/mol. The van der Waals surface area contributed by atoms with E-state index in [1.807, 2.05) is 0 Å². The molecule has 29 heavy (non-hydrogen) atoms. The fourth-order valence-electron chi connectivity index (χ4n) is 3.41. The van der Waals surface area contributed by atoms with Crippen LogP contribution in [-0.2, 0) is 33.8 Å². The number of anilines is 1. The molecular formula is C20H21F3N2O3S. The summed E-state index contributed by atoms with van der Waals surface area (Å²) in [7, 11) is -3.95. The maximum atomic E-state index is 13.1. The normalized spacial score (nSPS) is 14.1. The third-order valence-corrected chi connectivity index (χ3v) is 6.80. The molecule has 3 rings (SSSR count). The molecule has 0 radical (unpaired) electrons. The Labute approximate surface area is 167 Å². The molecule has 0 aliphatic heterocycles. The van der Waals surface area contributed by atoms with Crippen LogP contribution in [-0.4, -0.2) is 31.7 Å². The van der Waals surface area contributed by atoms with E-state index in [1.165, 1.54) is 18.2 Å². The number of nitrogens with zero attached hydrogens (tertiary/aromatic N) is 1. The van der Waals surface area contributed by atoms with Crippen LogP contribution in [0.1, 0.15) is 30.0 Å². The molecule has 2 aromatic rings. The second-order valence-electron chi connectivity index (χ2n) is 6.81. The Bertz CT molecular complexity index is 1020. The second-order valence-corrected chi connectivity index (χ2v) is 8.74. The zero-order chi connectivity index (χ0) is 21.2. The Morgan fingerprint density at radius 3 is 2.48 bits per heavy atom. The molecule has 1 N–H and O–H groups in total. The standard InChI is InChI=1S/C20H21F3N2O3S/c1-2-25(29(27,28)16-11-10-14-6-5-7-15(14)12-16)13-19(26)24-18-9-4-3-8-17(18)20(21,22)23/h3-4,8-12H,2,5-7,13H2,1H3,(H,24,26). The van der Waals surface area contributed by atoms with Gasteiger partial charge in [-0.25, -0.2) is 8.42 Å². The first kappa shape index (κ1) is 21.3. The van der Waals surface area contributed by atoms with Crippen LogP contribution < -0.4 is 5.32 Å². The van der Waals surface area contributed by atoms with E-state index in [0.29, 0.717) is 0 Å². The molecule has 0 saturated heterocycles. The van der Waals surface area contributed by atoms with Gasteiger partial charge >= 0.3 is 6.18 Å². The number of likely N-dealkylation sites (N-methyl/N-ethyl adjacent to an activating group) is 1. The molecule has 0 unspecified atom stereocenters. The van der Waals surface area contributed by atoms with Gasteiger partial charge in [-0.1, -0.05) is 25.1 Å². The Morgan fingerprint density at radius 2 is 1.79 bits per heavy atom. The van der Waals surface area contributed by atoms with Crippen LogP contribution in [0, 0.1) is 0 Å². The summed E-state index contributed by atoms with van der Waals surface area (Å²) < 4.78 is 66.1. The number of fused-ring (bicyclic) bond motifs is 1. The number of nitrogens with one attached hydrogen (secondary N) is 1. The van der Waals surface area contributed by atoms with Gasteiger partial charge in [-0.2, -0.15) is 17.5 Å². The van der Waals surface area contributed by atoms with Crippen molar-refractivity contribution in [1.29, 1.82) is 0 Å². The number of carbonyl (C=O) groups is 1. The van der Waals surface area contributed by atoms with Gasteiger partial charge in [-0.3, -0.25) is 4.79 Å². The van der Waals surface area contributed by atoms with E-state index in [-0.39, 0.29) is 11.4 Å². The van der Waals surface area contributed by atoms with Crippen LogP contribution in [0.4, 0.5) is 18.9 Å². The van der Waals surface area contributed by atoms with Gasteiger partial charge in [0.2, 0.25) is 15.9 Å². The van der Waals surface area contributed by atoms with Crippen molar-refractivity contribution in [2.45, 2.75) is 37.3 Å². The van der Waals surface area contributed by atoms with E-state index in [4.69, 9.17) is 0 Å². The number of hydrogen-bond acceptors (Lipinski definition) is 3. The first-order valence-corrected chi connectivity index (χ1v) is 10.6. The van der Waals surface area contributed by atoms with Crippen molar-refractivity contribution < 1.29 is 26.4 Å². The van der Waals surface area contributed by atoms with E-state index in [2.05, 4.69) is 5.32 Å².